The molecule has 1 heterocycles. The van der Waals surface area contributed by atoms with E-state index < -0.39 is 0 Å². The molecule has 0 aromatic rings. The molecule has 2 amide bonds. The van der Waals surface area contributed by atoms with Crippen molar-refractivity contribution in [3.8, 4) is 0 Å². The lowest BCUT2D eigenvalue weighted by atomic mass is 9.70. The Balaban J connectivity index is 2.07. The molecule has 1 aliphatic heterocycles. The van der Waals surface area contributed by atoms with Gasteiger partial charge in [-0.2, -0.15) is 0 Å². The molecule has 0 bridgehead atoms. The van der Waals surface area contributed by atoms with Crippen molar-refractivity contribution in [1.82, 2.24) is 5.32 Å². The third kappa shape index (κ3) is 2.59. The molecule has 0 radical (unpaired) electrons. The van der Waals surface area contributed by atoms with Crippen LogP contribution in [0.3, 0.4) is 0 Å². The van der Waals surface area contributed by atoms with Crippen LogP contribution in [-0.2, 0) is 9.59 Å². The molecule has 17 heavy (non-hydrogen) atoms. The van der Waals surface area contributed by atoms with E-state index in [4.69, 9.17) is 0 Å². The first-order valence-corrected chi connectivity index (χ1v) is 6.43. The van der Waals surface area contributed by atoms with Gasteiger partial charge in [0, 0.05) is 5.57 Å². The number of rotatable bonds is 0. The van der Waals surface area contributed by atoms with E-state index in [0.717, 1.165) is 37.2 Å². The first-order chi connectivity index (χ1) is 7.88. The van der Waals surface area contributed by atoms with Gasteiger partial charge in [0.05, 0.1) is 6.42 Å². The van der Waals surface area contributed by atoms with Crippen molar-refractivity contribution >= 4 is 11.8 Å². The molecule has 0 spiro atoms. The summed E-state index contributed by atoms with van der Waals surface area (Å²) in [6.45, 7) is 6.84. The lowest BCUT2D eigenvalue weighted by molar-refractivity contribution is -0.124. The minimum Gasteiger partial charge on any atom is -0.292 e. The Labute approximate surface area is 103 Å². The molecule has 2 aliphatic rings. The third-order valence-electron chi connectivity index (χ3n) is 4.11. The van der Waals surface area contributed by atoms with Crippen LogP contribution in [0, 0.1) is 11.3 Å². The highest BCUT2D eigenvalue weighted by molar-refractivity contribution is 6.13. The van der Waals surface area contributed by atoms with Gasteiger partial charge < -0.3 is 0 Å². The molecule has 0 atom stereocenters. The van der Waals surface area contributed by atoms with Crippen molar-refractivity contribution in [2.45, 2.75) is 52.9 Å². The number of carbonyl (C=O) groups excluding carboxylic acids is 2. The Bertz CT molecular complexity index is 378. The molecule has 1 saturated heterocycles. The Morgan fingerprint density at radius 1 is 1.12 bits per heavy atom. The van der Waals surface area contributed by atoms with Gasteiger partial charge >= 0.3 is 0 Å². The fourth-order valence-electron chi connectivity index (χ4n) is 2.91. The number of hydrogen-bond donors (Lipinski definition) is 1. The van der Waals surface area contributed by atoms with E-state index in [2.05, 4.69) is 26.1 Å². The highest BCUT2D eigenvalue weighted by Gasteiger charge is 2.32. The van der Waals surface area contributed by atoms with Gasteiger partial charge in [0.15, 0.2) is 0 Å². The van der Waals surface area contributed by atoms with Gasteiger partial charge in [0.25, 0.3) is 5.91 Å². The molecule has 2 fully saturated rings. The molecule has 94 valence electrons. The zero-order valence-corrected chi connectivity index (χ0v) is 10.9. The van der Waals surface area contributed by atoms with Gasteiger partial charge in [0.1, 0.15) is 0 Å². The van der Waals surface area contributed by atoms with Gasteiger partial charge in [-0.15, -0.1) is 0 Å². The number of amides is 2. The Kier molecular flexibility index (Phi) is 3.11. The maximum Gasteiger partial charge on any atom is 0.254 e. The van der Waals surface area contributed by atoms with E-state index in [0.29, 0.717) is 11.8 Å². The number of carbonyl (C=O) groups is 2. The monoisotopic (exact) mass is 235 g/mol. The number of imide groups is 1. The minimum absolute atomic E-state index is 0.143. The van der Waals surface area contributed by atoms with Crippen molar-refractivity contribution in [3.05, 3.63) is 11.1 Å². The second-order valence-corrected chi connectivity index (χ2v) is 6.28. The summed E-state index contributed by atoms with van der Waals surface area (Å²) in [5.74, 6) is 0.432. The normalized spacial score (nSPS) is 26.4. The fourth-order valence-corrected chi connectivity index (χ4v) is 2.91. The van der Waals surface area contributed by atoms with Gasteiger partial charge in [0.2, 0.25) is 5.91 Å². The summed E-state index contributed by atoms with van der Waals surface area (Å²) < 4.78 is 0. The fraction of sp³-hybridized carbons (Fsp3) is 0.714. The van der Waals surface area contributed by atoms with E-state index in [1.54, 1.807) is 0 Å². The average Bonchev–Trinajstić information content (AvgIpc) is 2.57. The molecule has 2 rings (SSSR count). The van der Waals surface area contributed by atoms with E-state index in [1.165, 1.54) is 5.57 Å². The maximum absolute atomic E-state index is 11.6. The second kappa shape index (κ2) is 4.28. The smallest absolute Gasteiger partial charge is 0.254 e. The standard InChI is InChI=1S/C14H21NO2/c1-14(2,3)10-6-4-9(5-7-10)11-8-12(16)15-13(11)17/h10H,4-8H2,1-3H3,(H,15,16,17). The highest BCUT2D eigenvalue weighted by Crippen LogP contribution is 2.41. The number of allylic oxidation sites excluding steroid dienone is 1. The van der Waals surface area contributed by atoms with Crippen molar-refractivity contribution in [2.75, 3.05) is 0 Å². The molecular formula is C14H21NO2. The van der Waals surface area contributed by atoms with Crippen LogP contribution < -0.4 is 5.32 Å². The van der Waals surface area contributed by atoms with Crippen LogP contribution in [-0.4, -0.2) is 11.8 Å². The largest absolute Gasteiger partial charge is 0.292 e. The number of hydrogen-bond acceptors (Lipinski definition) is 2. The molecule has 0 unspecified atom stereocenters. The van der Waals surface area contributed by atoms with E-state index in [1.807, 2.05) is 0 Å². The highest BCUT2D eigenvalue weighted by atomic mass is 16.2. The summed E-state index contributed by atoms with van der Waals surface area (Å²) in [6.07, 6.45) is 4.55. The molecule has 1 aliphatic carbocycles. The van der Waals surface area contributed by atoms with Crippen LogP contribution in [0.1, 0.15) is 52.9 Å². The molecular weight excluding hydrogens is 214 g/mol. The van der Waals surface area contributed by atoms with Crippen molar-refractivity contribution in [1.29, 1.82) is 0 Å². The van der Waals surface area contributed by atoms with Gasteiger partial charge in [-0.1, -0.05) is 26.3 Å². The van der Waals surface area contributed by atoms with Crippen LogP contribution in [0.5, 0.6) is 0 Å². The molecule has 3 nitrogen and oxygen atoms in total. The summed E-state index contributed by atoms with van der Waals surface area (Å²) in [6, 6.07) is 0. The van der Waals surface area contributed by atoms with Crippen molar-refractivity contribution in [2.24, 2.45) is 11.3 Å². The first-order valence-electron chi connectivity index (χ1n) is 6.43. The maximum atomic E-state index is 11.6. The molecule has 1 N–H and O–H groups in total. The third-order valence-corrected chi connectivity index (χ3v) is 4.11. The lowest BCUT2D eigenvalue weighted by Gasteiger charge is -2.35. The lowest BCUT2D eigenvalue weighted by Crippen LogP contribution is -2.24. The van der Waals surface area contributed by atoms with Gasteiger partial charge in [-0.3, -0.25) is 14.9 Å². The first kappa shape index (κ1) is 12.3. The van der Waals surface area contributed by atoms with Crippen LogP contribution in [0.4, 0.5) is 0 Å². The summed E-state index contributed by atoms with van der Waals surface area (Å²) in [5, 5.41) is 2.37. The van der Waals surface area contributed by atoms with Gasteiger partial charge in [-0.05, 0) is 37.0 Å². The molecule has 1 saturated carbocycles. The predicted molar refractivity (Wildman–Crippen MR) is 66.2 cm³/mol. The zero-order chi connectivity index (χ0) is 12.6. The van der Waals surface area contributed by atoms with Gasteiger partial charge in [-0.25, -0.2) is 0 Å². The SMILES string of the molecule is CC(C)(C)C1CCC(=C2CC(=O)NC2=O)CC1. The molecule has 0 aromatic carbocycles. The summed E-state index contributed by atoms with van der Waals surface area (Å²) >= 11 is 0. The van der Waals surface area contributed by atoms with E-state index >= 15 is 0 Å². The minimum atomic E-state index is -0.154. The van der Waals surface area contributed by atoms with Crippen LogP contribution in [0.25, 0.3) is 0 Å². The summed E-state index contributed by atoms with van der Waals surface area (Å²) in [4.78, 5) is 22.7. The average molecular weight is 235 g/mol. The Morgan fingerprint density at radius 3 is 2.12 bits per heavy atom. The summed E-state index contributed by atoms with van der Waals surface area (Å²) in [5.41, 5.74) is 2.32. The second-order valence-electron chi connectivity index (χ2n) is 6.28. The topological polar surface area (TPSA) is 46.2 Å². The molecule has 3 heteroatoms. The van der Waals surface area contributed by atoms with Crippen molar-refractivity contribution in [3.63, 3.8) is 0 Å². The number of nitrogens with one attached hydrogen (secondary N) is 1. The molecule has 0 aromatic heterocycles. The Morgan fingerprint density at radius 2 is 1.71 bits per heavy atom. The Hall–Kier alpha value is -1.12. The van der Waals surface area contributed by atoms with E-state index in [9.17, 15) is 9.59 Å². The van der Waals surface area contributed by atoms with Crippen LogP contribution in [0.2, 0.25) is 0 Å². The van der Waals surface area contributed by atoms with Crippen molar-refractivity contribution < 1.29 is 9.59 Å². The van der Waals surface area contributed by atoms with Crippen LogP contribution in [0.15, 0.2) is 11.1 Å². The predicted octanol–water partition coefficient (Wildman–Crippen LogP) is 2.57. The quantitative estimate of drug-likeness (QED) is 0.518. The summed E-state index contributed by atoms with van der Waals surface area (Å²) in [7, 11) is 0. The van der Waals surface area contributed by atoms with Crippen LogP contribution >= 0.6 is 0 Å². The zero-order valence-electron chi connectivity index (χ0n) is 10.9. The van der Waals surface area contributed by atoms with E-state index in [-0.39, 0.29) is 11.8 Å².